The van der Waals surface area contributed by atoms with Gasteiger partial charge in [0.2, 0.25) is 5.82 Å². The van der Waals surface area contributed by atoms with Crippen LogP contribution in [0.3, 0.4) is 0 Å². The number of ether oxygens (including phenoxy) is 2. The number of nitrogens with two attached hydrogens (primary N) is 1. The largest absolute Gasteiger partial charge is 0.379 e. The molecule has 108 valence electrons. The summed E-state index contributed by atoms with van der Waals surface area (Å²) in [5.74, 6) is 1.01. The van der Waals surface area contributed by atoms with Gasteiger partial charge in [0.15, 0.2) is 0 Å². The van der Waals surface area contributed by atoms with Crippen molar-refractivity contribution in [1.82, 2.24) is 10.1 Å². The molecule has 2 N–H and O–H groups in total. The smallest absolute Gasteiger partial charge is 0.252 e. The monoisotopic (exact) mass is 277 g/mol. The van der Waals surface area contributed by atoms with Crippen molar-refractivity contribution in [2.75, 3.05) is 19.8 Å². The summed E-state index contributed by atoms with van der Waals surface area (Å²) in [5, 5.41) is 3.93. The summed E-state index contributed by atoms with van der Waals surface area (Å²) in [6.45, 7) is 4.52. The lowest BCUT2D eigenvalue weighted by Crippen LogP contribution is -2.04. The maximum Gasteiger partial charge on any atom is 0.252 e. The van der Waals surface area contributed by atoms with Crippen molar-refractivity contribution in [2.45, 2.75) is 20.1 Å². The van der Waals surface area contributed by atoms with E-state index in [4.69, 9.17) is 19.7 Å². The molecule has 0 bridgehead atoms. The van der Waals surface area contributed by atoms with E-state index in [0.717, 1.165) is 11.1 Å². The summed E-state index contributed by atoms with van der Waals surface area (Å²) >= 11 is 0. The molecule has 0 aliphatic carbocycles. The molecule has 20 heavy (non-hydrogen) atoms. The first-order chi connectivity index (χ1) is 9.83. The standard InChI is InChI=1S/C14H19N3O3/c1-2-18-7-8-19-10-13-16-14(17-20-13)12-5-3-11(9-15)4-6-12/h3-6H,2,7-10,15H2,1H3. The lowest BCUT2D eigenvalue weighted by Gasteiger charge is -2.00. The van der Waals surface area contributed by atoms with Crippen LogP contribution in [-0.4, -0.2) is 30.0 Å². The number of benzene rings is 1. The molecule has 0 atom stereocenters. The number of aromatic nitrogens is 2. The number of hydrogen-bond acceptors (Lipinski definition) is 6. The molecule has 2 rings (SSSR count). The summed E-state index contributed by atoms with van der Waals surface area (Å²) in [4.78, 5) is 4.28. The van der Waals surface area contributed by atoms with E-state index in [9.17, 15) is 0 Å². The Hall–Kier alpha value is -1.76. The molecule has 0 radical (unpaired) electrons. The van der Waals surface area contributed by atoms with Crippen molar-refractivity contribution in [1.29, 1.82) is 0 Å². The molecule has 0 unspecified atom stereocenters. The summed E-state index contributed by atoms with van der Waals surface area (Å²) in [7, 11) is 0. The van der Waals surface area contributed by atoms with Gasteiger partial charge in [0.1, 0.15) is 6.61 Å². The average Bonchev–Trinajstić information content (AvgIpc) is 2.96. The molecule has 0 saturated heterocycles. The second-order valence-corrected chi connectivity index (χ2v) is 4.16. The van der Waals surface area contributed by atoms with Gasteiger partial charge in [0.05, 0.1) is 13.2 Å². The van der Waals surface area contributed by atoms with E-state index in [1.165, 1.54) is 0 Å². The number of nitrogens with zero attached hydrogens (tertiary/aromatic N) is 2. The average molecular weight is 277 g/mol. The van der Waals surface area contributed by atoms with Crippen LogP contribution < -0.4 is 5.73 Å². The zero-order chi connectivity index (χ0) is 14.2. The predicted octanol–water partition coefficient (Wildman–Crippen LogP) is 1.75. The van der Waals surface area contributed by atoms with Gasteiger partial charge in [-0.3, -0.25) is 0 Å². The Balaban J connectivity index is 1.87. The SMILES string of the molecule is CCOCCOCc1nc(-c2ccc(CN)cc2)no1. The van der Waals surface area contributed by atoms with Gasteiger partial charge in [0, 0.05) is 18.7 Å². The Kier molecular flexibility index (Phi) is 5.67. The topological polar surface area (TPSA) is 83.4 Å². The molecule has 1 aromatic heterocycles. The fourth-order valence-electron chi connectivity index (χ4n) is 1.64. The first-order valence-corrected chi connectivity index (χ1v) is 6.61. The molecule has 6 nitrogen and oxygen atoms in total. The Morgan fingerprint density at radius 2 is 1.90 bits per heavy atom. The van der Waals surface area contributed by atoms with E-state index in [1.54, 1.807) is 0 Å². The van der Waals surface area contributed by atoms with Crippen LogP contribution in [0, 0.1) is 0 Å². The maximum absolute atomic E-state index is 5.56. The van der Waals surface area contributed by atoms with Crippen LogP contribution in [0.5, 0.6) is 0 Å². The van der Waals surface area contributed by atoms with Gasteiger partial charge in [-0.2, -0.15) is 4.98 Å². The third-order valence-corrected chi connectivity index (χ3v) is 2.72. The van der Waals surface area contributed by atoms with E-state index < -0.39 is 0 Å². The molecule has 0 aliphatic heterocycles. The first kappa shape index (κ1) is 14.6. The highest BCUT2D eigenvalue weighted by molar-refractivity contribution is 5.54. The van der Waals surface area contributed by atoms with Crippen LogP contribution in [0.4, 0.5) is 0 Å². The molecule has 0 fully saturated rings. The van der Waals surface area contributed by atoms with E-state index in [-0.39, 0.29) is 0 Å². The van der Waals surface area contributed by atoms with Gasteiger partial charge in [0.25, 0.3) is 5.89 Å². The normalized spacial score (nSPS) is 10.9. The second-order valence-electron chi connectivity index (χ2n) is 4.16. The fourth-order valence-corrected chi connectivity index (χ4v) is 1.64. The van der Waals surface area contributed by atoms with Crippen molar-refractivity contribution >= 4 is 0 Å². The van der Waals surface area contributed by atoms with Crippen LogP contribution in [-0.2, 0) is 22.6 Å². The van der Waals surface area contributed by atoms with Crippen LogP contribution >= 0.6 is 0 Å². The molecule has 0 amide bonds. The minimum absolute atomic E-state index is 0.293. The molecular weight excluding hydrogens is 258 g/mol. The second kappa shape index (κ2) is 7.74. The zero-order valence-electron chi connectivity index (χ0n) is 11.5. The Morgan fingerprint density at radius 3 is 2.60 bits per heavy atom. The third kappa shape index (κ3) is 4.12. The van der Waals surface area contributed by atoms with Gasteiger partial charge in [-0.25, -0.2) is 0 Å². The molecule has 1 heterocycles. The molecule has 0 aliphatic rings. The van der Waals surface area contributed by atoms with Crippen LogP contribution in [0.2, 0.25) is 0 Å². The number of hydrogen-bond donors (Lipinski definition) is 1. The lowest BCUT2D eigenvalue weighted by molar-refractivity contribution is 0.0355. The van der Waals surface area contributed by atoms with Crippen molar-refractivity contribution < 1.29 is 14.0 Å². The molecule has 0 spiro atoms. The van der Waals surface area contributed by atoms with Crippen molar-refractivity contribution in [3.05, 3.63) is 35.7 Å². The van der Waals surface area contributed by atoms with E-state index >= 15 is 0 Å². The fraction of sp³-hybridized carbons (Fsp3) is 0.429. The highest BCUT2D eigenvalue weighted by Crippen LogP contribution is 2.16. The van der Waals surface area contributed by atoms with Crippen LogP contribution in [0.15, 0.2) is 28.8 Å². The maximum atomic E-state index is 5.56. The predicted molar refractivity (Wildman–Crippen MR) is 73.8 cm³/mol. The van der Waals surface area contributed by atoms with Crippen molar-refractivity contribution in [3.63, 3.8) is 0 Å². The van der Waals surface area contributed by atoms with Gasteiger partial charge in [-0.15, -0.1) is 0 Å². The number of rotatable bonds is 8. The van der Waals surface area contributed by atoms with Gasteiger partial charge < -0.3 is 19.7 Å². The lowest BCUT2D eigenvalue weighted by atomic mass is 10.1. The zero-order valence-corrected chi connectivity index (χ0v) is 11.5. The quantitative estimate of drug-likeness (QED) is 0.740. The van der Waals surface area contributed by atoms with Crippen LogP contribution in [0.1, 0.15) is 18.4 Å². The Morgan fingerprint density at radius 1 is 1.15 bits per heavy atom. The summed E-state index contributed by atoms with van der Waals surface area (Å²) in [6, 6.07) is 7.74. The van der Waals surface area contributed by atoms with E-state index in [2.05, 4.69) is 10.1 Å². The Labute approximate surface area is 117 Å². The van der Waals surface area contributed by atoms with E-state index in [1.807, 2.05) is 31.2 Å². The molecule has 2 aromatic rings. The minimum Gasteiger partial charge on any atom is -0.379 e. The summed E-state index contributed by atoms with van der Waals surface area (Å²) < 4.78 is 15.7. The Bertz CT molecular complexity index is 511. The molecule has 6 heteroatoms. The highest BCUT2D eigenvalue weighted by atomic mass is 16.5. The minimum atomic E-state index is 0.293. The molecule has 0 saturated carbocycles. The molecule has 1 aromatic carbocycles. The van der Waals surface area contributed by atoms with Gasteiger partial charge >= 0.3 is 0 Å². The van der Waals surface area contributed by atoms with Crippen LogP contribution in [0.25, 0.3) is 11.4 Å². The van der Waals surface area contributed by atoms with E-state index in [0.29, 0.717) is 44.7 Å². The van der Waals surface area contributed by atoms with Crippen molar-refractivity contribution in [2.24, 2.45) is 5.73 Å². The summed E-state index contributed by atoms with van der Waals surface area (Å²) in [5.41, 5.74) is 7.52. The molecular formula is C14H19N3O3. The van der Waals surface area contributed by atoms with Gasteiger partial charge in [-0.05, 0) is 12.5 Å². The third-order valence-electron chi connectivity index (χ3n) is 2.72. The first-order valence-electron chi connectivity index (χ1n) is 6.61. The summed E-state index contributed by atoms with van der Waals surface area (Å²) in [6.07, 6.45) is 0. The highest BCUT2D eigenvalue weighted by Gasteiger charge is 2.08. The van der Waals surface area contributed by atoms with Crippen molar-refractivity contribution in [3.8, 4) is 11.4 Å². The van der Waals surface area contributed by atoms with Gasteiger partial charge in [-0.1, -0.05) is 29.4 Å².